The second kappa shape index (κ2) is 10.7. The van der Waals surface area contributed by atoms with Crippen LogP contribution in [0.3, 0.4) is 0 Å². The molecule has 41 heavy (non-hydrogen) atoms. The van der Waals surface area contributed by atoms with Crippen LogP contribution in [0, 0.1) is 6.92 Å². The van der Waals surface area contributed by atoms with Crippen LogP contribution >= 0.6 is 11.6 Å². The molecule has 0 saturated carbocycles. The fourth-order valence-electron chi connectivity index (χ4n) is 4.87. The summed E-state index contributed by atoms with van der Waals surface area (Å²) in [5, 5.41) is 19.0. The minimum Gasteiger partial charge on any atom is -0.478 e. The number of aromatic carboxylic acids is 1. The van der Waals surface area contributed by atoms with Crippen LogP contribution < -0.4 is 15.4 Å². The monoisotopic (exact) mass is 587 g/mol. The lowest BCUT2D eigenvalue weighted by Crippen LogP contribution is -2.30. The van der Waals surface area contributed by atoms with Crippen molar-refractivity contribution in [3.05, 3.63) is 92.9 Å². The number of carboxylic acids is 1. The molecule has 0 saturated heterocycles. The Bertz CT molecular complexity index is 1700. The van der Waals surface area contributed by atoms with Gasteiger partial charge in [-0.1, -0.05) is 17.7 Å². The Kier molecular flexibility index (Phi) is 7.30. The fraction of sp³-hybridized carbons (Fsp3) is 0.222. The van der Waals surface area contributed by atoms with E-state index in [0.29, 0.717) is 18.4 Å². The molecule has 0 radical (unpaired) electrons. The average molecular weight is 588 g/mol. The number of hydrogen-bond donors (Lipinski definition) is 3. The van der Waals surface area contributed by atoms with Crippen LogP contribution in [0.15, 0.2) is 48.7 Å². The molecule has 0 unspecified atom stereocenters. The van der Waals surface area contributed by atoms with Gasteiger partial charge in [0.05, 0.1) is 17.8 Å². The third-order valence-electron chi connectivity index (χ3n) is 6.67. The zero-order chi connectivity index (χ0) is 29.5. The van der Waals surface area contributed by atoms with Crippen molar-refractivity contribution in [3.8, 4) is 5.75 Å². The van der Waals surface area contributed by atoms with Crippen molar-refractivity contribution >= 4 is 35.0 Å². The summed E-state index contributed by atoms with van der Waals surface area (Å²) < 4.78 is 43.0. The largest absolute Gasteiger partial charge is 0.573 e. The van der Waals surface area contributed by atoms with E-state index in [2.05, 4.69) is 25.5 Å². The summed E-state index contributed by atoms with van der Waals surface area (Å²) in [4.78, 5) is 42.1. The number of nitrogens with one attached hydrogen (secondary N) is 2. The van der Waals surface area contributed by atoms with Crippen LogP contribution in [0.25, 0.3) is 5.65 Å². The third kappa shape index (κ3) is 5.94. The number of halogens is 4. The van der Waals surface area contributed by atoms with E-state index in [0.717, 1.165) is 23.3 Å². The summed E-state index contributed by atoms with van der Waals surface area (Å²) in [5.41, 5.74) is 2.93. The highest BCUT2D eigenvalue weighted by atomic mass is 35.5. The van der Waals surface area contributed by atoms with Gasteiger partial charge < -0.3 is 20.5 Å². The zero-order valence-corrected chi connectivity index (χ0v) is 22.0. The van der Waals surface area contributed by atoms with Crippen molar-refractivity contribution in [3.63, 3.8) is 0 Å². The molecule has 2 aromatic carbocycles. The zero-order valence-electron chi connectivity index (χ0n) is 21.3. The summed E-state index contributed by atoms with van der Waals surface area (Å²) in [6.45, 7) is 1.54. The Morgan fingerprint density at radius 1 is 1.15 bits per heavy atom. The molecule has 212 valence electrons. The standard InChI is InChI=1S/C27H21ClF3N5O5/c1-13-17-4-5-20(19(17)3-2-18(13)26(39)40)35-25(38)22-11-21(34-23-6-7-33-36(22)23)24(37)32-12-14-8-15(28)10-16(9-14)41-27(29,30)31/h2-3,6-11,20H,4-5,12H2,1H3,(H,32,37)(H,35,38)(H,39,40)/t20-/m0/s1. The van der Waals surface area contributed by atoms with E-state index in [1.54, 1.807) is 13.0 Å². The Balaban J connectivity index is 1.35. The quantitative estimate of drug-likeness (QED) is 0.287. The predicted octanol–water partition coefficient (Wildman–Crippen LogP) is 4.64. The second-order valence-electron chi connectivity index (χ2n) is 9.33. The minimum absolute atomic E-state index is 0.0170. The van der Waals surface area contributed by atoms with Gasteiger partial charge in [0, 0.05) is 23.7 Å². The van der Waals surface area contributed by atoms with Crippen LogP contribution in [0.1, 0.15) is 66.1 Å². The third-order valence-corrected chi connectivity index (χ3v) is 6.89. The van der Waals surface area contributed by atoms with E-state index < -0.39 is 29.9 Å². The molecule has 5 rings (SSSR count). The Labute approximate surface area is 235 Å². The molecule has 2 aromatic heterocycles. The number of hydrogen-bond acceptors (Lipinski definition) is 6. The van der Waals surface area contributed by atoms with Gasteiger partial charge in [-0.3, -0.25) is 9.59 Å². The van der Waals surface area contributed by atoms with Crippen molar-refractivity contribution in [2.75, 3.05) is 0 Å². The van der Waals surface area contributed by atoms with E-state index in [9.17, 15) is 32.7 Å². The number of carbonyl (C=O) groups excluding carboxylic acids is 2. The van der Waals surface area contributed by atoms with Gasteiger partial charge in [-0.2, -0.15) is 5.10 Å². The molecule has 0 fully saturated rings. The highest BCUT2D eigenvalue weighted by Gasteiger charge is 2.31. The molecule has 10 nitrogen and oxygen atoms in total. The minimum atomic E-state index is -4.91. The van der Waals surface area contributed by atoms with Gasteiger partial charge in [0.15, 0.2) is 5.65 Å². The molecule has 0 bridgehead atoms. The first-order valence-electron chi connectivity index (χ1n) is 12.2. The van der Waals surface area contributed by atoms with Crippen LogP contribution in [0.4, 0.5) is 13.2 Å². The highest BCUT2D eigenvalue weighted by molar-refractivity contribution is 6.30. The van der Waals surface area contributed by atoms with Gasteiger partial charge in [0.25, 0.3) is 11.8 Å². The number of amides is 2. The van der Waals surface area contributed by atoms with Gasteiger partial charge in [-0.05, 0) is 66.3 Å². The first-order chi connectivity index (χ1) is 19.4. The van der Waals surface area contributed by atoms with Gasteiger partial charge >= 0.3 is 12.3 Å². The van der Waals surface area contributed by atoms with Crippen molar-refractivity contribution < 1.29 is 37.4 Å². The average Bonchev–Trinajstić information content (AvgIpc) is 3.53. The Morgan fingerprint density at radius 2 is 1.93 bits per heavy atom. The fourth-order valence-corrected chi connectivity index (χ4v) is 5.12. The number of fused-ring (bicyclic) bond motifs is 2. The maximum Gasteiger partial charge on any atom is 0.573 e. The molecule has 0 aliphatic heterocycles. The lowest BCUT2D eigenvalue weighted by molar-refractivity contribution is -0.274. The molecule has 4 aromatic rings. The van der Waals surface area contributed by atoms with E-state index in [4.69, 9.17) is 11.6 Å². The first-order valence-corrected chi connectivity index (χ1v) is 12.6. The number of ether oxygens (including phenoxy) is 1. The van der Waals surface area contributed by atoms with E-state index in [1.165, 1.54) is 35.0 Å². The number of carboxylic acid groups (broad SMARTS) is 1. The molecule has 1 aliphatic carbocycles. The SMILES string of the molecule is Cc1c(C(=O)O)ccc2c1CC[C@@H]2NC(=O)c1cc(C(=O)NCc2cc(Cl)cc(OC(F)(F)F)c2)nc2ccnn12. The summed E-state index contributed by atoms with van der Waals surface area (Å²) in [6, 6.07) is 9.05. The van der Waals surface area contributed by atoms with Crippen molar-refractivity contribution in [1.29, 1.82) is 0 Å². The molecule has 0 spiro atoms. The van der Waals surface area contributed by atoms with E-state index in [1.807, 2.05) is 0 Å². The molecule has 14 heteroatoms. The van der Waals surface area contributed by atoms with Crippen LogP contribution in [0.5, 0.6) is 5.75 Å². The van der Waals surface area contributed by atoms with E-state index in [-0.39, 0.29) is 45.8 Å². The molecule has 1 aliphatic rings. The highest BCUT2D eigenvalue weighted by Crippen LogP contribution is 2.35. The molecule has 2 amide bonds. The number of nitrogens with zero attached hydrogens (tertiary/aromatic N) is 3. The van der Waals surface area contributed by atoms with Crippen LogP contribution in [-0.2, 0) is 13.0 Å². The normalized spacial score (nSPS) is 14.5. The van der Waals surface area contributed by atoms with Gasteiger partial charge in [0.2, 0.25) is 0 Å². The molecule has 1 atom stereocenters. The summed E-state index contributed by atoms with van der Waals surface area (Å²) >= 11 is 5.90. The van der Waals surface area contributed by atoms with Crippen molar-refractivity contribution in [2.24, 2.45) is 0 Å². The first kappa shape index (κ1) is 27.9. The van der Waals surface area contributed by atoms with Gasteiger partial charge in [-0.25, -0.2) is 14.3 Å². The number of carbonyl (C=O) groups is 3. The maximum atomic E-state index is 13.4. The second-order valence-corrected chi connectivity index (χ2v) is 9.77. The lowest BCUT2D eigenvalue weighted by atomic mass is 9.98. The Morgan fingerprint density at radius 3 is 2.66 bits per heavy atom. The summed E-state index contributed by atoms with van der Waals surface area (Å²) in [7, 11) is 0. The summed E-state index contributed by atoms with van der Waals surface area (Å²) in [5.74, 6) is -2.78. The van der Waals surface area contributed by atoms with Gasteiger partial charge in [-0.15, -0.1) is 13.2 Å². The number of alkyl halides is 3. The molecule has 3 N–H and O–H groups in total. The number of benzene rings is 2. The van der Waals surface area contributed by atoms with Crippen molar-refractivity contribution in [1.82, 2.24) is 25.2 Å². The van der Waals surface area contributed by atoms with Crippen LogP contribution in [-0.4, -0.2) is 43.9 Å². The van der Waals surface area contributed by atoms with Gasteiger partial charge in [0.1, 0.15) is 17.1 Å². The molecular weight excluding hydrogens is 567 g/mol. The number of aromatic nitrogens is 3. The number of rotatable bonds is 7. The molecule has 2 heterocycles. The Hall–Kier alpha value is -4.65. The summed E-state index contributed by atoms with van der Waals surface area (Å²) in [6.07, 6.45) is -2.34. The van der Waals surface area contributed by atoms with Crippen molar-refractivity contribution in [2.45, 2.75) is 38.7 Å². The molecular formula is C27H21ClF3N5O5. The predicted molar refractivity (Wildman–Crippen MR) is 139 cm³/mol. The smallest absolute Gasteiger partial charge is 0.478 e. The lowest BCUT2D eigenvalue weighted by Gasteiger charge is -2.16. The maximum absolute atomic E-state index is 13.4. The van der Waals surface area contributed by atoms with E-state index >= 15 is 0 Å². The van der Waals surface area contributed by atoms with Crippen LogP contribution in [0.2, 0.25) is 5.02 Å². The topological polar surface area (TPSA) is 135 Å².